The molecule has 0 aliphatic carbocycles. The molecule has 0 unspecified atom stereocenters. The molecule has 34 heavy (non-hydrogen) atoms. The highest BCUT2D eigenvalue weighted by atomic mass is 16.5. The number of para-hydroxylation sites is 2. The maximum absolute atomic E-state index is 12.9. The van der Waals surface area contributed by atoms with E-state index in [0.29, 0.717) is 33.5 Å². The third-order valence-corrected chi connectivity index (χ3v) is 5.12. The van der Waals surface area contributed by atoms with Crippen LogP contribution in [0, 0.1) is 13.8 Å². The summed E-state index contributed by atoms with van der Waals surface area (Å²) in [5.74, 6) is -0.967. The Morgan fingerprint density at radius 1 is 0.706 bits per heavy atom. The molecule has 0 aliphatic rings. The number of hydrogen-bond acceptors (Lipinski definition) is 6. The van der Waals surface area contributed by atoms with Gasteiger partial charge in [-0.3, -0.25) is 14.4 Å². The summed E-state index contributed by atoms with van der Waals surface area (Å²) in [6.07, 6.45) is 0. The highest BCUT2D eigenvalue weighted by Gasteiger charge is 2.14. The molecular weight excluding hydrogens is 432 g/mol. The molecule has 8 nitrogen and oxygen atoms in total. The van der Waals surface area contributed by atoms with Crippen molar-refractivity contribution in [3.63, 3.8) is 0 Å². The third-order valence-electron chi connectivity index (χ3n) is 5.12. The number of nitrogens with one attached hydrogen (secondary N) is 2. The molecule has 0 saturated carbocycles. The predicted molar refractivity (Wildman–Crippen MR) is 129 cm³/mol. The number of amides is 2. The van der Waals surface area contributed by atoms with Crippen molar-refractivity contribution < 1.29 is 19.1 Å². The van der Waals surface area contributed by atoms with E-state index in [1.807, 2.05) is 13.8 Å². The zero-order valence-corrected chi connectivity index (χ0v) is 18.9. The molecule has 0 aliphatic heterocycles. The smallest absolute Gasteiger partial charge is 0.308 e. The van der Waals surface area contributed by atoms with Gasteiger partial charge in [-0.1, -0.05) is 18.2 Å². The first kappa shape index (κ1) is 22.6. The van der Waals surface area contributed by atoms with E-state index in [-0.39, 0.29) is 11.7 Å². The molecule has 1 heterocycles. The largest absolute Gasteiger partial charge is 0.427 e. The van der Waals surface area contributed by atoms with E-state index in [4.69, 9.17) is 4.74 Å². The number of carbonyl (C=O) groups is 3. The number of esters is 1. The topological polar surface area (TPSA) is 110 Å². The van der Waals surface area contributed by atoms with Gasteiger partial charge in [-0.25, -0.2) is 9.97 Å². The maximum Gasteiger partial charge on any atom is 0.308 e. The van der Waals surface area contributed by atoms with E-state index in [2.05, 4.69) is 20.6 Å². The van der Waals surface area contributed by atoms with Crippen LogP contribution in [0.1, 0.15) is 39.0 Å². The van der Waals surface area contributed by atoms with Crippen LogP contribution in [0.25, 0.3) is 11.0 Å². The van der Waals surface area contributed by atoms with Crippen LogP contribution in [0.2, 0.25) is 0 Å². The average molecular weight is 454 g/mol. The quantitative estimate of drug-likeness (QED) is 0.335. The minimum atomic E-state index is -0.476. The lowest BCUT2D eigenvalue weighted by atomic mass is 10.1. The Bertz CT molecular complexity index is 1430. The summed E-state index contributed by atoms with van der Waals surface area (Å²) in [7, 11) is 0. The summed E-state index contributed by atoms with van der Waals surface area (Å²) < 4.78 is 5.04. The predicted octanol–water partition coefficient (Wildman–Crippen LogP) is 4.68. The molecule has 0 fully saturated rings. The number of benzene rings is 3. The maximum atomic E-state index is 12.9. The molecule has 2 amide bonds. The van der Waals surface area contributed by atoms with E-state index in [1.165, 1.54) is 13.0 Å². The van der Waals surface area contributed by atoms with Crippen LogP contribution in [0.4, 0.5) is 11.4 Å². The van der Waals surface area contributed by atoms with E-state index in [9.17, 15) is 14.4 Å². The molecule has 0 bridgehead atoms. The summed E-state index contributed by atoms with van der Waals surface area (Å²) >= 11 is 0. The van der Waals surface area contributed by atoms with Gasteiger partial charge in [0.25, 0.3) is 11.8 Å². The molecule has 8 heteroatoms. The molecule has 1 aromatic heterocycles. The molecule has 0 atom stereocenters. The number of rotatable bonds is 5. The van der Waals surface area contributed by atoms with Crippen molar-refractivity contribution in [3.05, 3.63) is 89.2 Å². The molecular formula is C26H22N4O4. The van der Waals surface area contributed by atoms with Crippen molar-refractivity contribution >= 4 is 40.2 Å². The number of ether oxygens (including phenoxy) is 1. The monoisotopic (exact) mass is 454 g/mol. The molecule has 3 aromatic carbocycles. The van der Waals surface area contributed by atoms with Gasteiger partial charge in [0.1, 0.15) is 5.75 Å². The average Bonchev–Trinajstić information content (AvgIpc) is 2.80. The van der Waals surface area contributed by atoms with Crippen LogP contribution >= 0.6 is 0 Å². The zero-order chi connectivity index (χ0) is 24.2. The van der Waals surface area contributed by atoms with Crippen molar-refractivity contribution in [2.75, 3.05) is 10.6 Å². The number of aryl methyl sites for hydroxylation is 2. The van der Waals surface area contributed by atoms with Crippen LogP contribution in [-0.4, -0.2) is 27.8 Å². The van der Waals surface area contributed by atoms with Gasteiger partial charge in [-0.2, -0.15) is 0 Å². The van der Waals surface area contributed by atoms with Gasteiger partial charge >= 0.3 is 5.97 Å². The lowest BCUT2D eigenvalue weighted by Crippen LogP contribution is -2.17. The van der Waals surface area contributed by atoms with Gasteiger partial charge in [-0.05, 0) is 62.4 Å². The van der Waals surface area contributed by atoms with Crippen LogP contribution in [0.15, 0.2) is 66.7 Å². The molecule has 0 saturated heterocycles. The number of fused-ring (bicyclic) bond motifs is 1. The van der Waals surface area contributed by atoms with Crippen molar-refractivity contribution in [2.45, 2.75) is 20.8 Å². The highest BCUT2D eigenvalue weighted by Crippen LogP contribution is 2.24. The molecule has 4 rings (SSSR count). The van der Waals surface area contributed by atoms with Crippen LogP contribution < -0.4 is 15.4 Å². The Balaban J connectivity index is 1.54. The molecule has 0 radical (unpaired) electrons. The Hall–Kier alpha value is -4.59. The van der Waals surface area contributed by atoms with E-state index < -0.39 is 11.9 Å². The second kappa shape index (κ2) is 9.50. The van der Waals surface area contributed by atoms with Gasteiger partial charge in [0.2, 0.25) is 0 Å². The minimum absolute atomic E-state index is 0.270. The lowest BCUT2D eigenvalue weighted by Gasteiger charge is -2.13. The Morgan fingerprint density at radius 3 is 1.91 bits per heavy atom. The van der Waals surface area contributed by atoms with Crippen molar-refractivity contribution in [3.8, 4) is 5.75 Å². The molecule has 4 aromatic rings. The number of anilines is 2. The van der Waals surface area contributed by atoms with Crippen molar-refractivity contribution in [1.82, 2.24) is 9.97 Å². The normalized spacial score (nSPS) is 10.6. The van der Waals surface area contributed by atoms with E-state index in [1.54, 1.807) is 60.7 Å². The third kappa shape index (κ3) is 5.07. The number of nitrogens with zero attached hydrogens (tertiary/aromatic N) is 2. The van der Waals surface area contributed by atoms with E-state index >= 15 is 0 Å². The minimum Gasteiger partial charge on any atom is -0.427 e. The second-order valence-electron chi connectivity index (χ2n) is 7.67. The van der Waals surface area contributed by atoms with Gasteiger partial charge in [0, 0.05) is 18.1 Å². The zero-order valence-electron chi connectivity index (χ0n) is 18.9. The Kier molecular flexibility index (Phi) is 6.31. The fourth-order valence-corrected chi connectivity index (χ4v) is 3.33. The standard InChI is InChI=1S/C26H22N4O4/c1-15-16(2)28-24-14-19(11-12-23(24)27-15)26(33)30-22-10-5-4-9-21(22)29-25(32)18-7-6-8-20(13-18)34-17(3)31/h4-14H,1-3H3,(H,29,32)(H,30,33). The summed E-state index contributed by atoms with van der Waals surface area (Å²) in [4.78, 5) is 45.9. The van der Waals surface area contributed by atoms with Gasteiger partial charge in [-0.15, -0.1) is 0 Å². The van der Waals surface area contributed by atoms with Crippen LogP contribution in [0.5, 0.6) is 5.75 Å². The first-order valence-electron chi connectivity index (χ1n) is 10.6. The number of aromatic nitrogens is 2. The van der Waals surface area contributed by atoms with Gasteiger partial charge < -0.3 is 15.4 Å². The lowest BCUT2D eigenvalue weighted by molar-refractivity contribution is -0.131. The van der Waals surface area contributed by atoms with Gasteiger partial charge in [0.05, 0.1) is 33.8 Å². The van der Waals surface area contributed by atoms with Crippen molar-refractivity contribution in [1.29, 1.82) is 0 Å². The van der Waals surface area contributed by atoms with Gasteiger partial charge in [0.15, 0.2) is 0 Å². The van der Waals surface area contributed by atoms with E-state index in [0.717, 1.165) is 11.4 Å². The highest BCUT2D eigenvalue weighted by molar-refractivity contribution is 6.10. The fraction of sp³-hybridized carbons (Fsp3) is 0.115. The Morgan fingerprint density at radius 2 is 1.29 bits per heavy atom. The number of carbonyl (C=O) groups excluding carboxylic acids is 3. The first-order chi connectivity index (χ1) is 16.3. The SMILES string of the molecule is CC(=O)Oc1cccc(C(=O)Nc2ccccc2NC(=O)c2ccc3nc(C)c(C)nc3c2)c1. The van der Waals surface area contributed by atoms with Crippen LogP contribution in [0.3, 0.4) is 0 Å². The van der Waals surface area contributed by atoms with Crippen LogP contribution in [-0.2, 0) is 4.79 Å². The molecule has 2 N–H and O–H groups in total. The fourth-order valence-electron chi connectivity index (χ4n) is 3.33. The Labute approximate surface area is 196 Å². The molecule has 170 valence electrons. The second-order valence-corrected chi connectivity index (χ2v) is 7.67. The summed E-state index contributed by atoms with van der Waals surface area (Å²) in [6.45, 7) is 5.05. The number of hydrogen-bond donors (Lipinski definition) is 2. The first-order valence-corrected chi connectivity index (χ1v) is 10.6. The summed E-state index contributed by atoms with van der Waals surface area (Å²) in [6, 6.07) is 18.3. The summed E-state index contributed by atoms with van der Waals surface area (Å²) in [5, 5.41) is 5.63. The molecule has 0 spiro atoms. The van der Waals surface area contributed by atoms with Crippen molar-refractivity contribution in [2.24, 2.45) is 0 Å². The summed E-state index contributed by atoms with van der Waals surface area (Å²) in [5.41, 5.74) is 4.56.